The number of carbonyl (C=O) groups is 4. The predicted molar refractivity (Wildman–Crippen MR) is 178 cm³/mol. The number of nitrogens with one attached hydrogen (secondary N) is 4. The van der Waals surface area contributed by atoms with E-state index in [-0.39, 0.29) is 43.7 Å². The maximum atomic E-state index is 13.6. The molecule has 13 nitrogen and oxygen atoms in total. The van der Waals surface area contributed by atoms with Gasteiger partial charge in [0.2, 0.25) is 17.7 Å². The summed E-state index contributed by atoms with van der Waals surface area (Å²) in [6.07, 6.45) is 4.24. The molecule has 0 fully saturated rings. The van der Waals surface area contributed by atoms with Crippen molar-refractivity contribution < 1.29 is 23.9 Å². The molecule has 0 aliphatic carbocycles. The van der Waals surface area contributed by atoms with Crippen molar-refractivity contribution >= 4 is 23.6 Å². The molecule has 0 radical (unpaired) electrons. The molecule has 1 aliphatic heterocycles. The van der Waals surface area contributed by atoms with E-state index in [2.05, 4.69) is 31.2 Å². The topological polar surface area (TPSA) is 163 Å². The van der Waals surface area contributed by atoms with Gasteiger partial charge >= 0.3 is 0 Å². The third-order valence-corrected chi connectivity index (χ3v) is 8.05. The summed E-state index contributed by atoms with van der Waals surface area (Å²) in [4.78, 5) is 58.4. The number of fused-ring (bicyclic) bond motifs is 4. The summed E-state index contributed by atoms with van der Waals surface area (Å²) >= 11 is 0. The highest BCUT2D eigenvalue weighted by atomic mass is 16.5. The Labute approximate surface area is 279 Å². The highest BCUT2D eigenvalue weighted by Gasteiger charge is 2.29. The molecular weight excluding hydrogens is 612 g/mol. The molecule has 0 saturated carbocycles. The second kappa shape index (κ2) is 16.4. The lowest BCUT2D eigenvalue weighted by atomic mass is 10.0. The molecule has 5 rings (SSSR count). The van der Waals surface area contributed by atoms with Crippen molar-refractivity contribution in [3.05, 3.63) is 102 Å². The number of aromatic amines is 1. The molecule has 2 aromatic heterocycles. The fourth-order valence-corrected chi connectivity index (χ4v) is 5.47. The van der Waals surface area contributed by atoms with Gasteiger partial charge in [0.05, 0.1) is 18.7 Å². The first-order chi connectivity index (χ1) is 23.2. The largest absolute Gasteiger partial charge is 0.492 e. The lowest BCUT2D eigenvalue weighted by molar-refractivity contribution is -0.132. The quantitative estimate of drug-likeness (QED) is 0.261. The van der Waals surface area contributed by atoms with Gasteiger partial charge in [-0.3, -0.25) is 19.2 Å². The first-order valence-corrected chi connectivity index (χ1v) is 16.2. The average molecular weight is 655 g/mol. The second-order valence-corrected chi connectivity index (χ2v) is 12.1. The van der Waals surface area contributed by atoms with Crippen molar-refractivity contribution in [2.45, 2.75) is 51.7 Å². The van der Waals surface area contributed by atoms with Gasteiger partial charge in [-0.2, -0.15) is 0 Å². The molecule has 4 aromatic rings. The van der Waals surface area contributed by atoms with Crippen molar-refractivity contribution in [1.29, 1.82) is 0 Å². The number of H-pyrrole nitrogens is 1. The summed E-state index contributed by atoms with van der Waals surface area (Å²) in [5.41, 5.74) is 2.73. The van der Waals surface area contributed by atoms with Crippen LogP contribution in [0.4, 0.5) is 0 Å². The zero-order valence-corrected chi connectivity index (χ0v) is 27.2. The normalized spacial score (nSPS) is 18.7. The summed E-state index contributed by atoms with van der Waals surface area (Å²) in [5, 5.41) is 17.1. The predicted octanol–water partition coefficient (Wildman–Crippen LogP) is 1.91. The Morgan fingerprint density at radius 1 is 0.958 bits per heavy atom. The Balaban J connectivity index is 1.39. The molecule has 4 N–H and O–H groups in total. The van der Waals surface area contributed by atoms with E-state index < -0.39 is 23.9 Å². The molecular formula is C35H42N8O5. The number of rotatable bonds is 4. The van der Waals surface area contributed by atoms with Crippen LogP contribution >= 0.6 is 0 Å². The molecule has 252 valence electrons. The third kappa shape index (κ3) is 9.53. The lowest BCUT2D eigenvalue weighted by Crippen LogP contribution is -2.56. The molecule has 48 heavy (non-hydrogen) atoms. The van der Waals surface area contributed by atoms with E-state index in [1.807, 2.05) is 68.6 Å². The first-order valence-electron chi connectivity index (χ1n) is 16.2. The molecule has 2 aromatic carbocycles. The third-order valence-electron chi connectivity index (χ3n) is 8.05. The maximum absolute atomic E-state index is 13.6. The highest BCUT2D eigenvalue weighted by molar-refractivity contribution is 5.93. The molecule has 0 saturated heterocycles. The molecule has 4 bridgehead atoms. The van der Waals surface area contributed by atoms with Gasteiger partial charge in [-0.05, 0) is 41.3 Å². The van der Waals surface area contributed by atoms with E-state index in [0.717, 1.165) is 11.1 Å². The van der Waals surface area contributed by atoms with Gasteiger partial charge in [-0.1, -0.05) is 61.5 Å². The highest BCUT2D eigenvalue weighted by Crippen LogP contribution is 2.15. The van der Waals surface area contributed by atoms with E-state index >= 15 is 0 Å². The number of aromatic nitrogens is 4. The van der Waals surface area contributed by atoms with E-state index in [9.17, 15) is 19.2 Å². The zero-order valence-electron chi connectivity index (χ0n) is 27.2. The molecule has 3 heterocycles. The van der Waals surface area contributed by atoms with Gasteiger partial charge in [0.25, 0.3) is 5.91 Å². The summed E-state index contributed by atoms with van der Waals surface area (Å²) in [6, 6.07) is 18.3. The Hall–Kier alpha value is -5.46. The van der Waals surface area contributed by atoms with Crippen LogP contribution < -0.4 is 20.7 Å². The number of carbonyl (C=O) groups excluding carboxylic acids is 4. The number of amides is 4. The molecule has 13 heteroatoms. The van der Waals surface area contributed by atoms with Crippen molar-refractivity contribution in [3.8, 4) is 5.75 Å². The van der Waals surface area contributed by atoms with Crippen LogP contribution in [-0.2, 0) is 40.2 Å². The monoisotopic (exact) mass is 654 g/mol. The first kappa shape index (κ1) is 33.9. The number of ether oxygens (including phenoxy) is 1. The van der Waals surface area contributed by atoms with Crippen LogP contribution in [0.1, 0.15) is 41.2 Å². The Kier molecular flexibility index (Phi) is 11.6. The Morgan fingerprint density at radius 2 is 1.79 bits per heavy atom. The van der Waals surface area contributed by atoms with Crippen LogP contribution in [0, 0.1) is 5.92 Å². The SMILES string of the molecule is CC(C)[C@H]1NC(=O)Cc2cccc(c2)OCCn2cc(nn2)CCN(C(=O)c2ccc[nH]2)CCNC(=O)[C@H](Cc2ccccc2)NC1=O. The van der Waals surface area contributed by atoms with Crippen LogP contribution in [0.3, 0.4) is 0 Å². The van der Waals surface area contributed by atoms with E-state index in [1.165, 1.54) is 0 Å². The van der Waals surface area contributed by atoms with Crippen LogP contribution in [-0.4, -0.2) is 86.8 Å². The zero-order chi connectivity index (χ0) is 33.9. The van der Waals surface area contributed by atoms with E-state index in [4.69, 9.17) is 4.74 Å². The number of nitrogens with zero attached hydrogens (tertiary/aromatic N) is 4. The molecule has 0 spiro atoms. The van der Waals surface area contributed by atoms with Gasteiger partial charge in [-0.25, -0.2) is 4.68 Å². The second-order valence-electron chi connectivity index (χ2n) is 12.1. The fourth-order valence-electron chi connectivity index (χ4n) is 5.47. The maximum Gasteiger partial charge on any atom is 0.270 e. The smallest absolute Gasteiger partial charge is 0.270 e. The van der Waals surface area contributed by atoms with Crippen LogP contribution in [0.15, 0.2) is 79.1 Å². The van der Waals surface area contributed by atoms with Gasteiger partial charge in [0.1, 0.15) is 30.1 Å². The summed E-state index contributed by atoms with van der Waals surface area (Å²) in [7, 11) is 0. The lowest BCUT2D eigenvalue weighted by Gasteiger charge is -2.26. The van der Waals surface area contributed by atoms with Crippen LogP contribution in [0.25, 0.3) is 0 Å². The van der Waals surface area contributed by atoms with Crippen molar-refractivity contribution in [3.63, 3.8) is 0 Å². The van der Waals surface area contributed by atoms with Crippen molar-refractivity contribution in [2.75, 3.05) is 26.2 Å². The van der Waals surface area contributed by atoms with Gasteiger partial charge in [-0.15, -0.1) is 5.10 Å². The van der Waals surface area contributed by atoms with Crippen molar-refractivity contribution in [2.24, 2.45) is 5.92 Å². The number of benzene rings is 2. The minimum absolute atomic E-state index is 0.0474. The summed E-state index contributed by atoms with van der Waals surface area (Å²) in [6.45, 7) is 5.17. The summed E-state index contributed by atoms with van der Waals surface area (Å²) < 4.78 is 7.61. The van der Waals surface area contributed by atoms with E-state index in [1.54, 1.807) is 34.0 Å². The Bertz CT molecular complexity index is 1670. The number of hydrogen-bond acceptors (Lipinski definition) is 7. The average Bonchev–Trinajstić information content (AvgIpc) is 3.78. The van der Waals surface area contributed by atoms with Crippen molar-refractivity contribution in [1.82, 2.24) is 40.8 Å². The van der Waals surface area contributed by atoms with Gasteiger partial charge in [0.15, 0.2) is 0 Å². The molecule has 1 aliphatic rings. The van der Waals surface area contributed by atoms with Crippen LogP contribution in [0.2, 0.25) is 0 Å². The molecule has 0 unspecified atom stereocenters. The number of hydrogen-bond donors (Lipinski definition) is 4. The fraction of sp³-hybridized carbons (Fsp3) is 0.371. The van der Waals surface area contributed by atoms with Crippen LogP contribution in [0.5, 0.6) is 5.75 Å². The Morgan fingerprint density at radius 3 is 2.56 bits per heavy atom. The van der Waals surface area contributed by atoms with Gasteiger partial charge < -0.3 is 30.6 Å². The minimum Gasteiger partial charge on any atom is -0.492 e. The summed E-state index contributed by atoms with van der Waals surface area (Å²) in [5.74, 6) is -1.04. The van der Waals surface area contributed by atoms with Gasteiger partial charge in [0, 0.05) is 44.9 Å². The molecule has 2 atom stereocenters. The standard InChI is InChI=1S/C35H42N8O5/c1-24(2)32-34(46)38-30(21-25-8-4-3-5-9-25)33(45)37-15-17-42(35(47)29-12-7-14-36-29)16-13-27-23-43(41-40-27)18-19-48-28-11-6-10-26(20-28)22-31(44)39-32/h3-12,14,20,23-24,30,32,36H,13,15-19,21-22H2,1-2H3,(H,37,45)(H,38,46)(H,39,44)/t30-,32+/m0/s1. The minimum atomic E-state index is -0.920. The molecule has 4 amide bonds. The van der Waals surface area contributed by atoms with E-state index in [0.29, 0.717) is 43.3 Å².